The summed E-state index contributed by atoms with van der Waals surface area (Å²) in [6.45, 7) is 0.731. The lowest BCUT2D eigenvalue weighted by Crippen LogP contribution is -2.41. The third-order valence-corrected chi connectivity index (χ3v) is 4.19. The van der Waals surface area contributed by atoms with Crippen molar-refractivity contribution in [3.63, 3.8) is 0 Å². The first-order chi connectivity index (χ1) is 9.60. The summed E-state index contributed by atoms with van der Waals surface area (Å²) in [5.41, 5.74) is 0.832. The highest BCUT2D eigenvalue weighted by molar-refractivity contribution is 9.11. The Labute approximate surface area is 147 Å². The smallest absolute Gasteiger partial charge is 0.321 e. The Bertz CT molecular complexity index is 515. The number of nitrogens with one attached hydrogen (secondary N) is 3. The Hall–Kier alpha value is -0.790. The zero-order chi connectivity index (χ0) is 14.5. The fourth-order valence-electron chi connectivity index (χ4n) is 1.54. The molecular weight excluding hydrogens is 423 g/mol. The molecule has 1 aromatic rings. The van der Waals surface area contributed by atoms with E-state index in [2.05, 4.69) is 52.8 Å². The number of benzene rings is 1. The SMILES string of the molecule is CNC(=O)NC(=NCC1CC1)Nc1c(Br)cccc1Br.Cl. The second kappa shape index (κ2) is 8.60. The summed E-state index contributed by atoms with van der Waals surface area (Å²) >= 11 is 6.95. The lowest BCUT2D eigenvalue weighted by atomic mass is 10.3. The number of hydrogen-bond donors (Lipinski definition) is 3. The van der Waals surface area contributed by atoms with Crippen molar-refractivity contribution in [3.05, 3.63) is 27.1 Å². The van der Waals surface area contributed by atoms with Crippen molar-refractivity contribution in [2.75, 3.05) is 18.9 Å². The molecule has 3 N–H and O–H groups in total. The highest BCUT2D eigenvalue weighted by Crippen LogP contribution is 2.31. The van der Waals surface area contributed by atoms with Crippen LogP contribution in [0.5, 0.6) is 0 Å². The van der Waals surface area contributed by atoms with E-state index in [1.54, 1.807) is 7.05 Å². The highest BCUT2D eigenvalue weighted by atomic mass is 79.9. The van der Waals surface area contributed by atoms with Crippen LogP contribution in [-0.4, -0.2) is 25.6 Å². The molecule has 2 amide bonds. The minimum absolute atomic E-state index is 0. The van der Waals surface area contributed by atoms with E-state index in [1.807, 2.05) is 18.2 Å². The molecule has 0 aliphatic heterocycles. The van der Waals surface area contributed by atoms with Gasteiger partial charge in [-0.25, -0.2) is 4.79 Å². The summed E-state index contributed by atoms with van der Waals surface area (Å²) in [6.07, 6.45) is 2.44. The fourth-order valence-corrected chi connectivity index (χ4v) is 2.73. The van der Waals surface area contributed by atoms with Gasteiger partial charge in [0.05, 0.1) is 5.69 Å². The fraction of sp³-hybridized carbons (Fsp3) is 0.385. The first-order valence-electron chi connectivity index (χ1n) is 6.34. The summed E-state index contributed by atoms with van der Waals surface area (Å²) in [4.78, 5) is 15.9. The standard InChI is InChI=1S/C13H16Br2N4O.ClH/c1-16-13(20)19-12(17-7-8-5-6-8)18-11-9(14)3-2-4-10(11)15;/h2-4,8H,5-7H2,1H3,(H3,16,17,18,19,20);1H. The van der Waals surface area contributed by atoms with Gasteiger partial charge >= 0.3 is 6.03 Å². The molecule has 1 aliphatic carbocycles. The Kier molecular flexibility index (Phi) is 7.48. The zero-order valence-corrected chi connectivity index (χ0v) is 15.4. The van der Waals surface area contributed by atoms with Gasteiger partial charge in [0.1, 0.15) is 0 Å². The van der Waals surface area contributed by atoms with Gasteiger partial charge in [0.15, 0.2) is 0 Å². The summed E-state index contributed by atoms with van der Waals surface area (Å²) in [5, 5.41) is 8.37. The van der Waals surface area contributed by atoms with Crippen LogP contribution in [0.15, 0.2) is 32.1 Å². The van der Waals surface area contributed by atoms with E-state index < -0.39 is 0 Å². The Morgan fingerprint density at radius 2 is 1.95 bits per heavy atom. The molecular formula is C13H17Br2ClN4O. The van der Waals surface area contributed by atoms with Crippen LogP contribution in [0.3, 0.4) is 0 Å². The Morgan fingerprint density at radius 1 is 1.33 bits per heavy atom. The van der Waals surface area contributed by atoms with Crippen molar-refractivity contribution in [3.8, 4) is 0 Å². The van der Waals surface area contributed by atoms with Crippen molar-refractivity contribution < 1.29 is 4.79 Å². The number of amides is 2. The van der Waals surface area contributed by atoms with E-state index in [4.69, 9.17) is 0 Å². The molecule has 116 valence electrons. The molecule has 1 aromatic carbocycles. The molecule has 0 aromatic heterocycles. The quantitative estimate of drug-likeness (QED) is 0.495. The molecule has 0 bridgehead atoms. The van der Waals surface area contributed by atoms with Gasteiger partial charge in [-0.2, -0.15) is 0 Å². The average molecular weight is 441 g/mol. The number of para-hydroxylation sites is 1. The number of hydrogen-bond acceptors (Lipinski definition) is 2. The number of carbonyl (C=O) groups is 1. The second-order valence-electron chi connectivity index (χ2n) is 4.56. The van der Waals surface area contributed by atoms with Gasteiger partial charge in [0, 0.05) is 22.5 Å². The van der Waals surface area contributed by atoms with Crippen molar-refractivity contribution in [2.45, 2.75) is 12.8 Å². The molecule has 0 unspecified atom stereocenters. The van der Waals surface area contributed by atoms with Crippen LogP contribution in [0.4, 0.5) is 10.5 Å². The summed E-state index contributed by atoms with van der Waals surface area (Å²) in [6, 6.07) is 5.47. The average Bonchev–Trinajstić information content (AvgIpc) is 3.24. The molecule has 2 rings (SSSR count). The molecule has 0 atom stereocenters. The van der Waals surface area contributed by atoms with E-state index in [-0.39, 0.29) is 18.4 Å². The maximum absolute atomic E-state index is 11.5. The number of guanidine groups is 1. The normalized spacial score (nSPS) is 14.1. The Balaban J connectivity index is 0.00000220. The molecule has 1 aliphatic rings. The number of halogens is 3. The van der Waals surface area contributed by atoms with Crippen LogP contribution in [0.2, 0.25) is 0 Å². The molecule has 1 fully saturated rings. The van der Waals surface area contributed by atoms with Gasteiger partial charge in [0.25, 0.3) is 0 Å². The molecule has 0 spiro atoms. The molecule has 5 nitrogen and oxygen atoms in total. The number of carbonyl (C=O) groups excluding carboxylic acids is 1. The van der Waals surface area contributed by atoms with E-state index in [1.165, 1.54) is 12.8 Å². The Morgan fingerprint density at radius 3 is 2.48 bits per heavy atom. The van der Waals surface area contributed by atoms with Crippen LogP contribution in [-0.2, 0) is 0 Å². The number of aliphatic imine (C=N–C) groups is 1. The van der Waals surface area contributed by atoms with Crippen molar-refractivity contribution in [1.29, 1.82) is 0 Å². The van der Waals surface area contributed by atoms with Crippen LogP contribution in [0.25, 0.3) is 0 Å². The van der Waals surface area contributed by atoms with Crippen molar-refractivity contribution in [2.24, 2.45) is 10.9 Å². The second-order valence-corrected chi connectivity index (χ2v) is 6.27. The minimum Gasteiger partial charge on any atom is -0.341 e. The molecule has 8 heteroatoms. The first kappa shape index (κ1) is 18.3. The summed E-state index contributed by atoms with van der Waals surface area (Å²) in [5.74, 6) is 1.10. The molecule has 0 heterocycles. The van der Waals surface area contributed by atoms with Crippen LogP contribution < -0.4 is 16.0 Å². The largest absolute Gasteiger partial charge is 0.341 e. The van der Waals surface area contributed by atoms with Crippen LogP contribution in [0.1, 0.15) is 12.8 Å². The maximum Gasteiger partial charge on any atom is 0.321 e. The predicted octanol–water partition coefficient (Wildman–Crippen LogP) is 3.74. The van der Waals surface area contributed by atoms with Crippen LogP contribution in [0, 0.1) is 5.92 Å². The van der Waals surface area contributed by atoms with Gasteiger partial charge in [-0.15, -0.1) is 12.4 Å². The molecule has 21 heavy (non-hydrogen) atoms. The first-order valence-corrected chi connectivity index (χ1v) is 7.93. The number of anilines is 1. The van der Waals surface area contributed by atoms with E-state index >= 15 is 0 Å². The van der Waals surface area contributed by atoms with E-state index in [0.29, 0.717) is 11.9 Å². The van der Waals surface area contributed by atoms with Gasteiger partial charge < -0.3 is 10.6 Å². The summed E-state index contributed by atoms with van der Waals surface area (Å²) in [7, 11) is 1.57. The monoisotopic (exact) mass is 438 g/mol. The van der Waals surface area contributed by atoms with Gasteiger partial charge in [-0.3, -0.25) is 10.3 Å². The van der Waals surface area contributed by atoms with Crippen molar-refractivity contribution >= 4 is 61.9 Å². The van der Waals surface area contributed by atoms with E-state index in [0.717, 1.165) is 21.2 Å². The minimum atomic E-state index is -0.296. The topological polar surface area (TPSA) is 65.5 Å². The summed E-state index contributed by atoms with van der Waals surface area (Å²) < 4.78 is 1.79. The van der Waals surface area contributed by atoms with Crippen molar-refractivity contribution in [1.82, 2.24) is 10.6 Å². The van der Waals surface area contributed by atoms with E-state index in [9.17, 15) is 4.79 Å². The van der Waals surface area contributed by atoms with Gasteiger partial charge in [-0.05, 0) is 62.8 Å². The number of urea groups is 1. The third-order valence-electron chi connectivity index (χ3n) is 2.87. The van der Waals surface area contributed by atoms with Crippen LogP contribution >= 0.6 is 44.3 Å². The number of nitrogens with zero attached hydrogens (tertiary/aromatic N) is 1. The maximum atomic E-state index is 11.5. The third kappa shape index (κ3) is 5.84. The van der Waals surface area contributed by atoms with Gasteiger partial charge in [-0.1, -0.05) is 6.07 Å². The highest BCUT2D eigenvalue weighted by Gasteiger charge is 2.21. The lowest BCUT2D eigenvalue weighted by Gasteiger charge is -2.14. The molecule has 0 radical (unpaired) electrons. The lowest BCUT2D eigenvalue weighted by molar-refractivity contribution is 0.247. The number of rotatable bonds is 3. The zero-order valence-electron chi connectivity index (χ0n) is 11.5. The molecule has 0 saturated heterocycles. The molecule has 1 saturated carbocycles. The van der Waals surface area contributed by atoms with Gasteiger partial charge in [0.2, 0.25) is 5.96 Å². The predicted molar refractivity (Wildman–Crippen MR) is 95.3 cm³/mol.